The zero-order valence-electron chi connectivity index (χ0n) is 12.0. The minimum Gasteiger partial charge on any atom is -0.497 e. The lowest BCUT2D eigenvalue weighted by molar-refractivity contribution is 0.414. The van der Waals surface area contributed by atoms with E-state index in [1.807, 2.05) is 0 Å². The van der Waals surface area contributed by atoms with Crippen LogP contribution in [0.3, 0.4) is 0 Å². The molecule has 0 aliphatic heterocycles. The summed E-state index contributed by atoms with van der Waals surface area (Å²) >= 11 is 11.9. The van der Waals surface area contributed by atoms with Gasteiger partial charge in [0.15, 0.2) is 0 Å². The van der Waals surface area contributed by atoms with Crippen molar-refractivity contribution in [3.05, 3.63) is 58.1 Å². The predicted molar refractivity (Wildman–Crippen MR) is 88.2 cm³/mol. The molecule has 0 radical (unpaired) electrons. The number of hydrogen-bond donors (Lipinski definition) is 1. The van der Waals surface area contributed by atoms with Crippen LogP contribution in [0.4, 0.5) is 0 Å². The summed E-state index contributed by atoms with van der Waals surface area (Å²) in [5, 5.41) is 0.913. The molecule has 0 aromatic heterocycles. The van der Waals surface area contributed by atoms with Gasteiger partial charge in [-0.1, -0.05) is 29.3 Å². The Morgan fingerprint density at radius 2 is 1.73 bits per heavy atom. The van der Waals surface area contributed by atoms with E-state index >= 15 is 0 Å². The van der Waals surface area contributed by atoms with Crippen molar-refractivity contribution in [2.45, 2.75) is 17.9 Å². The van der Waals surface area contributed by atoms with Gasteiger partial charge in [0.1, 0.15) is 5.75 Å². The van der Waals surface area contributed by atoms with Gasteiger partial charge in [0.2, 0.25) is 10.0 Å². The fourth-order valence-electron chi connectivity index (χ4n) is 1.97. The van der Waals surface area contributed by atoms with Crippen molar-refractivity contribution in [1.29, 1.82) is 0 Å². The minimum absolute atomic E-state index is 0.158. The second kappa shape index (κ2) is 6.87. The van der Waals surface area contributed by atoms with Gasteiger partial charge in [-0.15, -0.1) is 0 Å². The van der Waals surface area contributed by atoms with Crippen LogP contribution in [0, 0.1) is 0 Å². The highest BCUT2D eigenvalue weighted by molar-refractivity contribution is 7.89. The molecule has 118 valence electrons. The van der Waals surface area contributed by atoms with Gasteiger partial charge in [-0.2, -0.15) is 0 Å². The lowest BCUT2D eigenvalue weighted by Gasteiger charge is -2.16. The molecule has 22 heavy (non-hydrogen) atoms. The normalized spacial score (nSPS) is 12.9. The zero-order valence-corrected chi connectivity index (χ0v) is 14.3. The largest absolute Gasteiger partial charge is 0.497 e. The quantitative estimate of drug-likeness (QED) is 0.876. The fourth-order valence-corrected chi connectivity index (χ4v) is 3.77. The van der Waals surface area contributed by atoms with Crippen LogP contribution < -0.4 is 9.46 Å². The Balaban J connectivity index is 2.23. The van der Waals surface area contributed by atoms with E-state index in [0.717, 1.165) is 0 Å². The molecule has 7 heteroatoms. The summed E-state index contributed by atoms with van der Waals surface area (Å²) in [5.74, 6) is 0.591. The van der Waals surface area contributed by atoms with E-state index in [0.29, 0.717) is 21.4 Å². The lowest BCUT2D eigenvalue weighted by Crippen LogP contribution is -2.27. The SMILES string of the molecule is COc1ccc(S(=O)(=O)N[C@H](C)c2ccc(Cl)cc2Cl)cc1. The van der Waals surface area contributed by atoms with Crippen molar-refractivity contribution in [3.63, 3.8) is 0 Å². The van der Waals surface area contributed by atoms with Crippen LogP contribution in [0.1, 0.15) is 18.5 Å². The van der Waals surface area contributed by atoms with E-state index < -0.39 is 16.1 Å². The molecule has 1 N–H and O–H groups in total. The third-order valence-corrected chi connectivity index (χ3v) is 5.25. The first-order chi connectivity index (χ1) is 10.3. The highest BCUT2D eigenvalue weighted by Crippen LogP contribution is 2.27. The number of ether oxygens (including phenoxy) is 1. The number of hydrogen-bond acceptors (Lipinski definition) is 3. The molecule has 0 fully saturated rings. The average Bonchev–Trinajstić information content (AvgIpc) is 2.46. The van der Waals surface area contributed by atoms with E-state index in [4.69, 9.17) is 27.9 Å². The topological polar surface area (TPSA) is 55.4 Å². The minimum atomic E-state index is -3.66. The molecule has 0 bridgehead atoms. The van der Waals surface area contributed by atoms with Gasteiger partial charge in [-0.3, -0.25) is 0 Å². The van der Waals surface area contributed by atoms with Crippen molar-refractivity contribution in [2.24, 2.45) is 0 Å². The van der Waals surface area contributed by atoms with Crippen molar-refractivity contribution in [2.75, 3.05) is 7.11 Å². The van der Waals surface area contributed by atoms with Crippen LogP contribution >= 0.6 is 23.2 Å². The molecular weight excluding hydrogens is 345 g/mol. The van der Waals surface area contributed by atoms with Crippen molar-refractivity contribution < 1.29 is 13.2 Å². The highest BCUT2D eigenvalue weighted by Gasteiger charge is 2.20. The molecule has 0 saturated carbocycles. The van der Waals surface area contributed by atoms with Gasteiger partial charge in [-0.25, -0.2) is 13.1 Å². The maximum atomic E-state index is 12.4. The molecule has 0 aliphatic carbocycles. The molecule has 2 aromatic carbocycles. The summed E-state index contributed by atoms with van der Waals surface area (Å²) in [5.41, 5.74) is 0.656. The fraction of sp³-hybridized carbons (Fsp3) is 0.200. The summed E-state index contributed by atoms with van der Waals surface area (Å²) in [6, 6.07) is 10.6. The Labute approximate surface area is 140 Å². The maximum absolute atomic E-state index is 12.4. The van der Waals surface area contributed by atoms with E-state index in [-0.39, 0.29) is 4.90 Å². The van der Waals surface area contributed by atoms with Gasteiger partial charge >= 0.3 is 0 Å². The predicted octanol–water partition coefficient (Wildman–Crippen LogP) is 4.04. The van der Waals surface area contributed by atoms with Crippen molar-refractivity contribution in [1.82, 2.24) is 4.72 Å². The summed E-state index contributed by atoms with van der Waals surface area (Å²) in [7, 11) is -2.14. The van der Waals surface area contributed by atoms with Gasteiger partial charge < -0.3 is 4.74 Å². The van der Waals surface area contributed by atoms with Gasteiger partial charge in [0.05, 0.1) is 12.0 Å². The van der Waals surface area contributed by atoms with E-state index in [9.17, 15) is 8.42 Å². The van der Waals surface area contributed by atoms with Crippen LogP contribution in [0.25, 0.3) is 0 Å². The summed E-state index contributed by atoms with van der Waals surface area (Å²) in [6.45, 7) is 1.72. The van der Waals surface area contributed by atoms with Crippen molar-refractivity contribution >= 4 is 33.2 Å². The molecule has 0 heterocycles. The summed E-state index contributed by atoms with van der Waals surface area (Å²) in [4.78, 5) is 0.158. The third-order valence-electron chi connectivity index (χ3n) is 3.13. The average molecular weight is 360 g/mol. The number of benzene rings is 2. The molecule has 2 aromatic rings. The zero-order chi connectivity index (χ0) is 16.3. The Kier molecular flexibility index (Phi) is 5.34. The van der Waals surface area contributed by atoms with Crippen LogP contribution in [0.5, 0.6) is 5.75 Å². The van der Waals surface area contributed by atoms with Gasteiger partial charge in [0.25, 0.3) is 0 Å². The maximum Gasteiger partial charge on any atom is 0.241 e. The molecule has 0 amide bonds. The Bertz CT molecular complexity index is 761. The first-order valence-electron chi connectivity index (χ1n) is 6.45. The Morgan fingerprint density at radius 3 is 2.27 bits per heavy atom. The molecule has 0 unspecified atom stereocenters. The first kappa shape index (κ1) is 17.1. The number of nitrogens with one attached hydrogen (secondary N) is 1. The monoisotopic (exact) mass is 359 g/mol. The van der Waals surface area contributed by atoms with Crippen LogP contribution in [0.2, 0.25) is 10.0 Å². The summed E-state index contributed by atoms with van der Waals surface area (Å²) < 4.78 is 32.3. The highest BCUT2D eigenvalue weighted by atomic mass is 35.5. The second-order valence-electron chi connectivity index (χ2n) is 4.68. The molecule has 0 saturated heterocycles. The molecule has 4 nitrogen and oxygen atoms in total. The van der Waals surface area contributed by atoms with Crippen LogP contribution in [0.15, 0.2) is 47.4 Å². The third kappa shape index (κ3) is 3.93. The smallest absolute Gasteiger partial charge is 0.241 e. The first-order valence-corrected chi connectivity index (χ1v) is 8.69. The second-order valence-corrected chi connectivity index (χ2v) is 7.24. The van der Waals surface area contributed by atoms with Crippen LogP contribution in [-0.2, 0) is 10.0 Å². The Morgan fingerprint density at radius 1 is 1.09 bits per heavy atom. The molecule has 2 rings (SSSR count). The van der Waals surface area contributed by atoms with Gasteiger partial charge in [-0.05, 0) is 48.9 Å². The summed E-state index contributed by atoms with van der Waals surface area (Å²) in [6.07, 6.45) is 0. The number of methoxy groups -OCH3 is 1. The van der Waals surface area contributed by atoms with E-state index in [2.05, 4.69) is 4.72 Å². The molecular formula is C15H15Cl2NO3S. The Hall–Kier alpha value is -1.27. The van der Waals surface area contributed by atoms with Gasteiger partial charge in [0, 0.05) is 16.1 Å². The van der Waals surface area contributed by atoms with Crippen molar-refractivity contribution in [3.8, 4) is 5.75 Å². The number of halogens is 2. The lowest BCUT2D eigenvalue weighted by atomic mass is 10.1. The van der Waals surface area contributed by atoms with Crippen LogP contribution in [-0.4, -0.2) is 15.5 Å². The molecule has 0 aliphatic rings. The standard InChI is InChI=1S/C15H15Cl2NO3S/c1-10(14-8-3-11(16)9-15(14)17)18-22(19,20)13-6-4-12(21-2)5-7-13/h3-10,18H,1-2H3/t10-/m1/s1. The molecule has 0 spiro atoms. The van der Waals surface area contributed by atoms with E-state index in [1.54, 1.807) is 37.3 Å². The molecule has 1 atom stereocenters. The van der Waals surface area contributed by atoms with E-state index in [1.165, 1.54) is 19.2 Å². The number of rotatable bonds is 5. The number of sulfonamides is 1.